The minimum absolute atomic E-state index is 0.335. The fourth-order valence-corrected chi connectivity index (χ4v) is 1.37. The van der Waals surface area contributed by atoms with Gasteiger partial charge < -0.3 is 0 Å². The summed E-state index contributed by atoms with van der Waals surface area (Å²) in [5, 5.41) is 0. The van der Waals surface area contributed by atoms with Crippen LogP contribution < -0.4 is 0 Å². The molecule has 0 fully saturated rings. The van der Waals surface area contributed by atoms with Crippen LogP contribution in [-0.2, 0) is 0 Å². The molecular weight excluding hydrogens is 277 g/mol. The van der Waals surface area contributed by atoms with Gasteiger partial charge in [-0.25, -0.2) is 9.97 Å². The highest BCUT2D eigenvalue weighted by atomic mass is 127. The van der Waals surface area contributed by atoms with Gasteiger partial charge >= 0.3 is 0 Å². The van der Waals surface area contributed by atoms with Gasteiger partial charge in [0.25, 0.3) is 0 Å². The van der Waals surface area contributed by atoms with Crippen molar-refractivity contribution in [3.63, 3.8) is 0 Å². The molecule has 0 radical (unpaired) electrons. The Morgan fingerprint density at radius 2 is 2.15 bits per heavy atom. The Morgan fingerprint density at radius 1 is 1.31 bits per heavy atom. The Hall–Kier alpha value is -0.780. The molecule has 0 saturated carbocycles. The number of hydrogen-bond acceptors (Lipinski definition) is 3. The summed E-state index contributed by atoms with van der Waals surface area (Å²) in [6, 6.07) is 3.84. The van der Waals surface area contributed by atoms with Gasteiger partial charge in [0.15, 0.2) is 0 Å². The number of nitrogens with zero attached hydrogens (tertiary/aromatic N) is 3. The Morgan fingerprint density at radius 3 is 2.92 bits per heavy atom. The summed E-state index contributed by atoms with van der Waals surface area (Å²) in [7, 11) is 0. The van der Waals surface area contributed by atoms with E-state index in [1.165, 1.54) is 0 Å². The first-order chi connectivity index (χ1) is 6.27. The van der Waals surface area contributed by atoms with Gasteiger partial charge in [0.2, 0.25) is 0 Å². The van der Waals surface area contributed by atoms with E-state index in [0.29, 0.717) is 3.92 Å². The first-order valence-electron chi connectivity index (χ1n) is 3.99. The lowest BCUT2D eigenvalue weighted by molar-refractivity contribution is 0.962. The van der Waals surface area contributed by atoms with E-state index in [4.69, 9.17) is 0 Å². The number of alkyl halides is 1. The van der Waals surface area contributed by atoms with Crippen LogP contribution in [0.15, 0.2) is 24.5 Å². The molecule has 1 unspecified atom stereocenters. The fraction of sp³-hybridized carbons (Fsp3) is 0.222. The number of pyridine rings is 1. The van der Waals surface area contributed by atoms with Crippen molar-refractivity contribution in [1.82, 2.24) is 15.0 Å². The number of fused-ring (bicyclic) bond motifs is 1. The van der Waals surface area contributed by atoms with Gasteiger partial charge in [-0.05, 0) is 19.1 Å². The van der Waals surface area contributed by atoms with Crippen molar-refractivity contribution in [2.24, 2.45) is 0 Å². The van der Waals surface area contributed by atoms with Gasteiger partial charge in [-0.1, -0.05) is 22.6 Å². The molecule has 2 rings (SSSR count). The van der Waals surface area contributed by atoms with E-state index in [9.17, 15) is 0 Å². The van der Waals surface area contributed by atoms with E-state index < -0.39 is 0 Å². The molecule has 0 aliphatic rings. The third-order valence-electron chi connectivity index (χ3n) is 1.73. The summed E-state index contributed by atoms with van der Waals surface area (Å²) in [6.45, 7) is 2.07. The average Bonchev–Trinajstić information content (AvgIpc) is 2.17. The smallest absolute Gasteiger partial charge is 0.141 e. The maximum absolute atomic E-state index is 4.39. The van der Waals surface area contributed by atoms with Crippen LogP contribution in [0.3, 0.4) is 0 Å². The highest BCUT2D eigenvalue weighted by molar-refractivity contribution is 14.1. The third-order valence-corrected chi connectivity index (χ3v) is 2.28. The summed E-state index contributed by atoms with van der Waals surface area (Å²) in [5.41, 5.74) is 1.76. The maximum Gasteiger partial charge on any atom is 0.141 e. The van der Waals surface area contributed by atoms with Gasteiger partial charge in [-0.15, -0.1) is 0 Å². The van der Waals surface area contributed by atoms with Gasteiger partial charge in [0.1, 0.15) is 11.3 Å². The van der Waals surface area contributed by atoms with Gasteiger partial charge in [0.05, 0.1) is 15.6 Å². The van der Waals surface area contributed by atoms with E-state index in [2.05, 4.69) is 44.5 Å². The third kappa shape index (κ3) is 1.77. The molecule has 0 aliphatic carbocycles. The average molecular weight is 285 g/mol. The van der Waals surface area contributed by atoms with Crippen molar-refractivity contribution >= 4 is 33.6 Å². The van der Waals surface area contributed by atoms with Crippen LogP contribution in [0, 0.1) is 0 Å². The van der Waals surface area contributed by atoms with Crippen molar-refractivity contribution < 1.29 is 0 Å². The predicted octanol–water partition coefficient (Wildman–Crippen LogP) is 2.52. The molecule has 0 aromatic carbocycles. The van der Waals surface area contributed by atoms with E-state index in [-0.39, 0.29) is 0 Å². The standard InChI is InChI=1S/C9H8IN3/c1-6(10)9-12-5-8-7(13-9)3-2-4-11-8/h2-6H,1H3. The monoisotopic (exact) mass is 285 g/mol. The summed E-state index contributed by atoms with van der Waals surface area (Å²) in [5.74, 6) is 0.862. The Bertz CT molecular complexity index is 428. The molecule has 2 aromatic rings. The summed E-state index contributed by atoms with van der Waals surface area (Å²) < 4.78 is 0.335. The molecule has 0 N–H and O–H groups in total. The van der Waals surface area contributed by atoms with Crippen LogP contribution >= 0.6 is 22.6 Å². The zero-order valence-electron chi connectivity index (χ0n) is 7.11. The topological polar surface area (TPSA) is 38.7 Å². The summed E-state index contributed by atoms with van der Waals surface area (Å²) in [4.78, 5) is 12.8. The molecule has 1 atom stereocenters. The zero-order chi connectivity index (χ0) is 9.26. The predicted molar refractivity (Wildman–Crippen MR) is 59.8 cm³/mol. The van der Waals surface area contributed by atoms with Gasteiger partial charge in [-0.2, -0.15) is 0 Å². The summed E-state index contributed by atoms with van der Waals surface area (Å²) >= 11 is 2.30. The van der Waals surface area contributed by atoms with Crippen molar-refractivity contribution in [1.29, 1.82) is 0 Å². The molecular formula is C9H8IN3. The second kappa shape index (κ2) is 3.53. The summed E-state index contributed by atoms with van der Waals surface area (Å²) in [6.07, 6.45) is 3.52. The molecule has 2 aromatic heterocycles. The van der Waals surface area contributed by atoms with E-state index in [0.717, 1.165) is 16.9 Å². The van der Waals surface area contributed by atoms with Crippen molar-refractivity contribution in [3.05, 3.63) is 30.4 Å². The van der Waals surface area contributed by atoms with Crippen molar-refractivity contribution in [2.75, 3.05) is 0 Å². The van der Waals surface area contributed by atoms with Crippen LogP contribution in [0.1, 0.15) is 16.7 Å². The number of aromatic nitrogens is 3. The Labute approximate surface area is 89.8 Å². The lowest BCUT2D eigenvalue weighted by atomic mass is 10.3. The van der Waals surface area contributed by atoms with Gasteiger partial charge in [0, 0.05) is 6.20 Å². The number of rotatable bonds is 1. The largest absolute Gasteiger partial charge is 0.253 e. The molecule has 0 saturated heterocycles. The van der Waals surface area contributed by atoms with E-state index >= 15 is 0 Å². The maximum atomic E-state index is 4.39. The van der Waals surface area contributed by atoms with Crippen LogP contribution in [0.5, 0.6) is 0 Å². The van der Waals surface area contributed by atoms with Crippen LogP contribution in [-0.4, -0.2) is 15.0 Å². The lowest BCUT2D eigenvalue weighted by Crippen LogP contribution is -1.95. The van der Waals surface area contributed by atoms with Crippen LogP contribution in [0.2, 0.25) is 0 Å². The Balaban J connectivity index is 2.62. The molecule has 3 nitrogen and oxygen atoms in total. The molecule has 0 amide bonds. The number of halogens is 1. The normalized spacial score (nSPS) is 13.1. The van der Waals surface area contributed by atoms with E-state index in [1.54, 1.807) is 12.4 Å². The quantitative estimate of drug-likeness (QED) is 0.597. The first kappa shape index (κ1) is 8.80. The first-order valence-corrected chi connectivity index (χ1v) is 5.23. The number of hydrogen-bond donors (Lipinski definition) is 0. The second-order valence-corrected chi connectivity index (χ2v) is 4.62. The van der Waals surface area contributed by atoms with E-state index in [1.807, 2.05) is 12.1 Å². The molecule has 0 aliphatic heterocycles. The minimum atomic E-state index is 0.335. The minimum Gasteiger partial charge on any atom is -0.253 e. The highest BCUT2D eigenvalue weighted by Gasteiger charge is 2.04. The van der Waals surface area contributed by atoms with Gasteiger partial charge in [-0.3, -0.25) is 4.98 Å². The van der Waals surface area contributed by atoms with Crippen molar-refractivity contribution in [2.45, 2.75) is 10.8 Å². The Kier molecular flexibility index (Phi) is 2.39. The van der Waals surface area contributed by atoms with Crippen LogP contribution in [0.4, 0.5) is 0 Å². The SMILES string of the molecule is CC(I)c1ncc2ncccc2n1. The molecule has 66 valence electrons. The zero-order valence-corrected chi connectivity index (χ0v) is 9.26. The lowest BCUT2D eigenvalue weighted by Gasteiger charge is -2.01. The molecule has 4 heteroatoms. The fourth-order valence-electron chi connectivity index (χ4n) is 1.07. The highest BCUT2D eigenvalue weighted by Crippen LogP contribution is 2.19. The second-order valence-electron chi connectivity index (χ2n) is 2.75. The molecule has 0 spiro atoms. The molecule has 13 heavy (non-hydrogen) atoms. The molecule has 2 heterocycles. The van der Waals surface area contributed by atoms with Crippen LogP contribution in [0.25, 0.3) is 11.0 Å². The molecule has 0 bridgehead atoms. The van der Waals surface area contributed by atoms with Crippen molar-refractivity contribution in [3.8, 4) is 0 Å².